The summed E-state index contributed by atoms with van der Waals surface area (Å²) in [6.07, 6.45) is 10.4. The maximum absolute atomic E-state index is 12.6. The number of aliphatic hydroxyl groups is 1. The molecule has 8 aliphatic rings. The molecule has 0 aromatic heterocycles. The first-order valence-corrected chi connectivity index (χ1v) is 20.5. The Bertz CT molecular complexity index is 2260. The Morgan fingerprint density at radius 3 is 1.91 bits per heavy atom. The van der Waals surface area contributed by atoms with Crippen LogP contribution in [0.5, 0.6) is 23.0 Å². The van der Waals surface area contributed by atoms with Gasteiger partial charge in [-0.2, -0.15) is 8.42 Å². The van der Waals surface area contributed by atoms with Crippen LogP contribution in [0.2, 0.25) is 0 Å². The van der Waals surface area contributed by atoms with E-state index < -0.39 is 37.9 Å². The molecule has 17 nitrogen and oxygen atoms in total. The normalized spacial score (nSPS) is 31.0. The van der Waals surface area contributed by atoms with E-state index in [0.29, 0.717) is 24.0 Å². The molecule has 2 aromatic carbocycles. The SMILES string of the molecule is COC1=CC=C2[C@H]3Cc4ccc(OC)c5c4[C@@]2(CCN3C)C1O5.COc1ccc2c3c1OC1C(=O)C=CC4(O)[C@@H](C2)N(C)CC[C@]314.I.O=S(=O)(O)O.O=S(=O)(O)[OH2+].[V]. The number of ketones is 1. The van der Waals surface area contributed by atoms with Crippen LogP contribution >= 0.6 is 24.0 Å². The second-order valence-electron chi connectivity index (χ2n) is 15.0. The van der Waals surface area contributed by atoms with E-state index in [-0.39, 0.29) is 65.9 Å². The minimum Gasteiger partial charge on any atom is -0.497 e. The molecular weight excluding hydrogens is 954 g/mol. The Kier molecular flexibility index (Phi) is 13.0. The number of carbonyl (C=O) groups is 1. The van der Waals surface area contributed by atoms with E-state index >= 15 is 0 Å². The van der Waals surface area contributed by atoms with E-state index in [9.17, 15) is 9.90 Å². The molecular formula is C37H46IN2O15S2V+. The summed E-state index contributed by atoms with van der Waals surface area (Å²) in [6.45, 7) is 1.92. The molecule has 4 aliphatic heterocycles. The first-order chi connectivity index (χ1) is 26.2. The third-order valence-corrected chi connectivity index (χ3v) is 12.5. The largest absolute Gasteiger partial charge is 0.526 e. The molecule has 317 valence electrons. The van der Waals surface area contributed by atoms with E-state index in [1.54, 1.807) is 27.4 Å². The van der Waals surface area contributed by atoms with Crippen LogP contribution in [-0.4, -0.2) is 134 Å². The Morgan fingerprint density at radius 1 is 0.810 bits per heavy atom. The minimum absolute atomic E-state index is 0. The van der Waals surface area contributed by atoms with Crippen molar-refractivity contribution in [3.05, 3.63) is 82.2 Å². The van der Waals surface area contributed by atoms with Gasteiger partial charge < -0.3 is 33.3 Å². The number of benzene rings is 2. The van der Waals surface area contributed by atoms with Gasteiger partial charge in [0, 0.05) is 41.8 Å². The molecule has 4 bridgehead atoms. The molecule has 7 atom stereocenters. The summed E-state index contributed by atoms with van der Waals surface area (Å²) in [4.78, 5) is 17.2. The first-order valence-electron chi connectivity index (χ1n) is 17.7. The van der Waals surface area contributed by atoms with Gasteiger partial charge in [-0.05, 0) is 99.9 Å². The second-order valence-corrected chi connectivity index (χ2v) is 16.8. The number of likely N-dealkylation sites (N-methyl/N-ethyl adjacent to an activating group) is 2. The van der Waals surface area contributed by atoms with Gasteiger partial charge in [0.05, 0.1) is 32.2 Å². The molecule has 2 spiro atoms. The molecule has 1 radical (unpaired) electrons. The molecule has 4 aliphatic carbocycles. The topological polar surface area (TPSA) is 242 Å². The molecule has 2 fully saturated rings. The second kappa shape index (κ2) is 16.3. The molecule has 6 N–H and O–H groups in total. The first kappa shape index (κ1) is 46.3. The van der Waals surface area contributed by atoms with Crippen LogP contribution in [0.3, 0.4) is 0 Å². The monoisotopic (exact) mass is 1000 g/mol. The van der Waals surface area contributed by atoms with E-state index in [0.717, 1.165) is 60.7 Å². The summed E-state index contributed by atoms with van der Waals surface area (Å²) < 4.78 is 91.2. The van der Waals surface area contributed by atoms with Crippen molar-refractivity contribution < 1.29 is 87.2 Å². The number of ether oxygens (including phenoxy) is 5. The van der Waals surface area contributed by atoms with Gasteiger partial charge >= 0.3 is 20.8 Å². The van der Waals surface area contributed by atoms with Crippen LogP contribution in [0.25, 0.3) is 0 Å². The van der Waals surface area contributed by atoms with Gasteiger partial charge in [0.1, 0.15) is 11.4 Å². The van der Waals surface area contributed by atoms with Crippen LogP contribution in [0.1, 0.15) is 35.1 Å². The van der Waals surface area contributed by atoms with Crippen LogP contribution in [0.15, 0.2) is 59.9 Å². The Balaban J connectivity index is 0.000000175. The third-order valence-electron chi connectivity index (χ3n) is 12.5. The van der Waals surface area contributed by atoms with Gasteiger partial charge in [-0.15, -0.1) is 32.4 Å². The Hall–Kier alpha value is -2.74. The summed E-state index contributed by atoms with van der Waals surface area (Å²) in [7, 11) is 0.244. The Morgan fingerprint density at radius 2 is 1.34 bits per heavy atom. The number of hydrogen-bond donors (Lipinski definition) is 4. The van der Waals surface area contributed by atoms with E-state index in [4.69, 9.17) is 58.7 Å². The molecule has 4 heterocycles. The molecule has 58 heavy (non-hydrogen) atoms. The molecule has 2 aromatic rings. The summed E-state index contributed by atoms with van der Waals surface area (Å²) >= 11 is 0. The van der Waals surface area contributed by atoms with Gasteiger partial charge in [0.15, 0.2) is 41.0 Å². The molecule has 0 saturated carbocycles. The molecule has 3 unspecified atom stereocenters. The van der Waals surface area contributed by atoms with E-state index in [2.05, 4.69) is 41.1 Å². The summed E-state index contributed by atoms with van der Waals surface area (Å²) in [5.41, 5.74) is 4.54. The summed E-state index contributed by atoms with van der Waals surface area (Å²) in [5, 5.41) is 11.7. The Labute approximate surface area is 365 Å². The zero-order chi connectivity index (χ0) is 40.7. The van der Waals surface area contributed by atoms with Gasteiger partial charge in [-0.1, -0.05) is 18.2 Å². The number of carbonyl (C=O) groups excluding carboxylic acids is 1. The number of nitrogens with zero attached hydrogens (tertiary/aromatic N) is 2. The number of piperidine rings is 2. The summed E-state index contributed by atoms with van der Waals surface area (Å²) in [6, 6.07) is 8.64. The molecule has 21 heteroatoms. The van der Waals surface area contributed by atoms with Gasteiger partial charge in [-0.3, -0.25) is 23.7 Å². The van der Waals surface area contributed by atoms with Crippen LogP contribution in [0.4, 0.5) is 0 Å². The standard InChI is InChI=1S/C19H21NO3.C18H19NO4.HI.2H2O4S.V/c1-20-9-8-19-12-5-7-15(22-3)18(19)23-17-14(21-2)6-4-11(16(17)19)10-13(12)20;1-19-8-7-17-14-10-3-4-12(22-2)15(14)23-16(17)11(20)5-6-18(17,21)13(19)9-10;;2*1-5(2,3)4;/h4-7,13,18H,8-10H2,1-3H3;3-6,13,16,21H,7-9H2,1-2H3;1H;2*(H2,1,2,3,4);/p+1/t13-,18?,19+;13-,16?,17+,18?;;;;/m11..../s1. The van der Waals surface area contributed by atoms with Crippen molar-refractivity contribution in [1.29, 1.82) is 0 Å². The number of methoxy groups -OCH3 is 3. The smallest absolute Gasteiger partial charge is 0.497 e. The maximum atomic E-state index is 12.6. The molecule has 2 saturated heterocycles. The van der Waals surface area contributed by atoms with Gasteiger partial charge in [-0.25, -0.2) is 4.55 Å². The van der Waals surface area contributed by atoms with Crippen molar-refractivity contribution in [1.82, 2.24) is 9.80 Å². The number of rotatable bonds is 3. The average molecular weight is 1000 g/mol. The van der Waals surface area contributed by atoms with Crippen molar-refractivity contribution >= 4 is 50.6 Å². The summed E-state index contributed by atoms with van der Waals surface area (Å²) in [5.74, 6) is 3.90. The van der Waals surface area contributed by atoms with E-state index in [1.165, 1.54) is 22.8 Å². The number of likely N-dealkylation sites (tertiary alicyclic amines) is 2. The van der Waals surface area contributed by atoms with Gasteiger partial charge in [0.25, 0.3) is 0 Å². The average Bonchev–Trinajstić information content (AvgIpc) is 3.66. The minimum atomic E-state index is -4.67. The predicted molar refractivity (Wildman–Crippen MR) is 215 cm³/mol. The van der Waals surface area contributed by atoms with Crippen LogP contribution in [-0.2, 0) is 72.6 Å². The fraction of sp³-hybridized carbons (Fsp3) is 0.486. The fourth-order valence-electron chi connectivity index (χ4n) is 10.4. The van der Waals surface area contributed by atoms with Crippen molar-refractivity contribution in [2.75, 3.05) is 48.5 Å². The third kappa shape index (κ3) is 7.29. The van der Waals surface area contributed by atoms with Gasteiger partial charge in [0.2, 0.25) is 0 Å². The molecule has 0 amide bonds. The van der Waals surface area contributed by atoms with Crippen molar-refractivity contribution in [2.24, 2.45) is 0 Å². The zero-order valence-corrected chi connectivity index (χ0v) is 37.5. The fourth-order valence-corrected chi connectivity index (χ4v) is 10.4. The number of halogens is 1. The zero-order valence-electron chi connectivity index (χ0n) is 32.1. The maximum Gasteiger partial charge on any atom is 0.526 e. The number of hydrogen-bond acceptors (Lipinski definition) is 13. The van der Waals surface area contributed by atoms with Crippen molar-refractivity contribution in [3.63, 3.8) is 0 Å². The quantitative estimate of drug-likeness (QED) is 0.195. The predicted octanol–water partition coefficient (Wildman–Crippen LogP) is 1.73. The van der Waals surface area contributed by atoms with Crippen LogP contribution < -0.4 is 18.9 Å². The van der Waals surface area contributed by atoms with Crippen LogP contribution in [0, 0.1) is 0 Å². The molecule has 10 rings (SSSR count). The van der Waals surface area contributed by atoms with Crippen molar-refractivity contribution in [2.45, 2.75) is 66.4 Å². The van der Waals surface area contributed by atoms with E-state index in [1.807, 2.05) is 19.2 Å². The van der Waals surface area contributed by atoms with Crippen molar-refractivity contribution in [3.8, 4) is 23.0 Å². The number of allylic oxidation sites excluding steroid dienone is 2.